The third kappa shape index (κ3) is 5.73. The van der Waals surface area contributed by atoms with Crippen LogP contribution in [0.3, 0.4) is 0 Å². The lowest BCUT2D eigenvalue weighted by Crippen LogP contribution is -2.54. The summed E-state index contributed by atoms with van der Waals surface area (Å²) in [6.45, 7) is 10.3. The molecule has 0 atom stereocenters. The van der Waals surface area contributed by atoms with E-state index in [2.05, 4.69) is 4.74 Å². The van der Waals surface area contributed by atoms with Crippen molar-refractivity contribution in [3.05, 3.63) is 0 Å². The standard InChI is InChI=1S/C16H27NO6/c1-15(2,3)22-13(19)17(14(20)23-16(4,5)6)11-8-10(9-11)12(18)21-7/h10-11H,8-9H2,1-7H3. The van der Waals surface area contributed by atoms with Gasteiger partial charge < -0.3 is 14.2 Å². The van der Waals surface area contributed by atoms with Gasteiger partial charge >= 0.3 is 18.2 Å². The van der Waals surface area contributed by atoms with E-state index in [1.165, 1.54) is 7.11 Å². The van der Waals surface area contributed by atoms with Crippen LogP contribution < -0.4 is 0 Å². The number of ether oxygens (including phenoxy) is 3. The summed E-state index contributed by atoms with van der Waals surface area (Å²) < 4.78 is 15.2. The molecule has 0 N–H and O–H groups in total. The largest absolute Gasteiger partial charge is 0.469 e. The number of hydrogen-bond donors (Lipinski definition) is 0. The van der Waals surface area contributed by atoms with Crippen molar-refractivity contribution in [2.75, 3.05) is 7.11 Å². The zero-order valence-electron chi connectivity index (χ0n) is 15.0. The van der Waals surface area contributed by atoms with Gasteiger partial charge in [-0.2, -0.15) is 0 Å². The minimum absolute atomic E-state index is 0.308. The summed E-state index contributed by atoms with van der Waals surface area (Å²) in [7, 11) is 1.31. The van der Waals surface area contributed by atoms with Gasteiger partial charge in [0.2, 0.25) is 0 Å². The van der Waals surface area contributed by atoms with Gasteiger partial charge in [-0.15, -0.1) is 0 Å². The molecule has 1 saturated carbocycles. The topological polar surface area (TPSA) is 82.1 Å². The molecule has 1 aliphatic carbocycles. The molecule has 0 heterocycles. The first-order valence-electron chi connectivity index (χ1n) is 7.67. The van der Waals surface area contributed by atoms with Crippen molar-refractivity contribution < 1.29 is 28.6 Å². The van der Waals surface area contributed by atoms with Crippen LogP contribution in [-0.2, 0) is 19.0 Å². The van der Waals surface area contributed by atoms with E-state index in [1.54, 1.807) is 41.5 Å². The monoisotopic (exact) mass is 329 g/mol. The molecule has 132 valence electrons. The van der Waals surface area contributed by atoms with Gasteiger partial charge in [-0.05, 0) is 54.4 Å². The van der Waals surface area contributed by atoms with Crippen molar-refractivity contribution >= 4 is 18.2 Å². The molecule has 0 bridgehead atoms. The zero-order chi connectivity index (χ0) is 18.0. The van der Waals surface area contributed by atoms with Gasteiger partial charge in [0.05, 0.1) is 13.0 Å². The smallest absolute Gasteiger partial charge is 0.420 e. The summed E-state index contributed by atoms with van der Waals surface area (Å²) in [6, 6.07) is -0.427. The molecular formula is C16H27NO6. The Kier molecular flexibility index (Phi) is 5.66. The quantitative estimate of drug-likeness (QED) is 0.572. The minimum Gasteiger partial charge on any atom is -0.469 e. The first-order chi connectivity index (χ1) is 10.3. The van der Waals surface area contributed by atoms with Crippen molar-refractivity contribution in [1.82, 2.24) is 4.90 Å². The number of carbonyl (C=O) groups excluding carboxylic acids is 3. The van der Waals surface area contributed by atoms with Crippen LogP contribution in [-0.4, -0.2) is 47.4 Å². The van der Waals surface area contributed by atoms with Crippen LogP contribution in [0.4, 0.5) is 9.59 Å². The molecule has 1 fully saturated rings. The van der Waals surface area contributed by atoms with Crippen LogP contribution in [0.1, 0.15) is 54.4 Å². The molecule has 0 spiro atoms. The summed E-state index contributed by atoms with van der Waals surface area (Å²) in [6.07, 6.45) is -0.823. The lowest BCUT2D eigenvalue weighted by molar-refractivity contribution is -0.150. The summed E-state index contributed by atoms with van der Waals surface area (Å²) in [4.78, 5) is 37.2. The van der Waals surface area contributed by atoms with Gasteiger partial charge in [0, 0.05) is 6.04 Å². The van der Waals surface area contributed by atoms with Crippen molar-refractivity contribution in [3.8, 4) is 0 Å². The number of nitrogens with zero attached hydrogens (tertiary/aromatic N) is 1. The molecular weight excluding hydrogens is 302 g/mol. The van der Waals surface area contributed by atoms with Crippen molar-refractivity contribution in [1.29, 1.82) is 0 Å². The Balaban J connectivity index is 2.84. The fraction of sp³-hybridized carbons (Fsp3) is 0.812. The highest BCUT2D eigenvalue weighted by molar-refractivity contribution is 5.89. The summed E-state index contributed by atoms with van der Waals surface area (Å²) >= 11 is 0. The third-order valence-electron chi connectivity index (χ3n) is 3.19. The molecule has 2 amide bonds. The van der Waals surface area contributed by atoms with Crippen LogP contribution in [0, 0.1) is 5.92 Å². The molecule has 0 aromatic carbocycles. The number of hydrogen-bond acceptors (Lipinski definition) is 6. The number of carbonyl (C=O) groups is 3. The first kappa shape index (κ1) is 19.3. The van der Waals surface area contributed by atoms with Gasteiger partial charge in [-0.1, -0.05) is 0 Å². The average molecular weight is 329 g/mol. The lowest BCUT2D eigenvalue weighted by atomic mass is 9.79. The number of amides is 2. The zero-order valence-corrected chi connectivity index (χ0v) is 15.0. The molecule has 23 heavy (non-hydrogen) atoms. The first-order valence-corrected chi connectivity index (χ1v) is 7.67. The third-order valence-corrected chi connectivity index (χ3v) is 3.19. The summed E-state index contributed by atoms with van der Waals surface area (Å²) in [5.74, 6) is -0.646. The Morgan fingerprint density at radius 3 is 1.57 bits per heavy atom. The van der Waals surface area contributed by atoms with E-state index in [9.17, 15) is 14.4 Å². The number of rotatable bonds is 2. The second-order valence-corrected chi connectivity index (χ2v) is 7.68. The van der Waals surface area contributed by atoms with Gasteiger partial charge in [0.25, 0.3) is 0 Å². The van der Waals surface area contributed by atoms with E-state index < -0.39 is 29.4 Å². The molecule has 1 rings (SSSR count). The molecule has 0 aromatic heterocycles. The second kappa shape index (κ2) is 6.76. The maximum Gasteiger partial charge on any atom is 0.420 e. The molecule has 0 radical (unpaired) electrons. The average Bonchev–Trinajstić information content (AvgIpc) is 2.27. The Labute approximate surface area is 137 Å². The molecule has 1 aliphatic rings. The van der Waals surface area contributed by atoms with Crippen molar-refractivity contribution in [2.24, 2.45) is 5.92 Å². The van der Waals surface area contributed by atoms with Crippen LogP contribution in [0.25, 0.3) is 0 Å². The molecule has 0 saturated heterocycles. The Morgan fingerprint density at radius 2 is 1.26 bits per heavy atom. The van der Waals surface area contributed by atoms with Crippen molar-refractivity contribution in [2.45, 2.75) is 71.6 Å². The molecule has 0 aromatic rings. The minimum atomic E-state index is -0.764. The maximum absolute atomic E-state index is 12.4. The maximum atomic E-state index is 12.4. The summed E-state index contributed by atoms with van der Waals surface area (Å²) in [5, 5.41) is 0. The van der Waals surface area contributed by atoms with Gasteiger partial charge in [0.15, 0.2) is 0 Å². The van der Waals surface area contributed by atoms with Gasteiger partial charge in [-0.25, -0.2) is 14.5 Å². The predicted molar refractivity (Wildman–Crippen MR) is 82.8 cm³/mol. The predicted octanol–water partition coefficient (Wildman–Crippen LogP) is 3.11. The van der Waals surface area contributed by atoms with E-state index in [0.717, 1.165) is 4.90 Å². The fourth-order valence-electron chi connectivity index (χ4n) is 2.15. The van der Waals surface area contributed by atoms with E-state index in [4.69, 9.17) is 9.47 Å². The molecule has 7 heteroatoms. The SMILES string of the molecule is COC(=O)C1CC(N(C(=O)OC(C)(C)C)C(=O)OC(C)(C)C)C1. The van der Waals surface area contributed by atoms with Crippen LogP contribution in [0.5, 0.6) is 0 Å². The highest BCUT2D eigenvalue weighted by atomic mass is 16.6. The highest BCUT2D eigenvalue weighted by Crippen LogP contribution is 2.34. The van der Waals surface area contributed by atoms with E-state index in [-0.39, 0.29) is 11.9 Å². The van der Waals surface area contributed by atoms with Gasteiger partial charge in [-0.3, -0.25) is 4.79 Å². The Hall–Kier alpha value is -1.79. The van der Waals surface area contributed by atoms with Gasteiger partial charge in [0.1, 0.15) is 11.2 Å². The Bertz CT molecular complexity index is 440. The highest BCUT2D eigenvalue weighted by Gasteiger charge is 2.45. The normalized spacial score (nSPS) is 21.0. The van der Waals surface area contributed by atoms with Crippen LogP contribution in [0.2, 0.25) is 0 Å². The molecule has 0 unspecified atom stereocenters. The Morgan fingerprint density at radius 1 is 0.870 bits per heavy atom. The van der Waals surface area contributed by atoms with E-state index in [1.807, 2.05) is 0 Å². The summed E-state index contributed by atoms with van der Waals surface area (Å²) in [5.41, 5.74) is -1.47. The number of esters is 1. The molecule has 7 nitrogen and oxygen atoms in total. The van der Waals surface area contributed by atoms with Crippen LogP contribution in [0.15, 0.2) is 0 Å². The van der Waals surface area contributed by atoms with E-state index in [0.29, 0.717) is 12.8 Å². The van der Waals surface area contributed by atoms with E-state index >= 15 is 0 Å². The lowest BCUT2D eigenvalue weighted by Gasteiger charge is -2.40. The number of imide groups is 1. The fourth-order valence-corrected chi connectivity index (χ4v) is 2.15. The molecule has 0 aliphatic heterocycles. The number of methoxy groups -OCH3 is 1. The van der Waals surface area contributed by atoms with Crippen LogP contribution >= 0.6 is 0 Å². The second-order valence-electron chi connectivity index (χ2n) is 7.68. The van der Waals surface area contributed by atoms with Crippen molar-refractivity contribution in [3.63, 3.8) is 0 Å².